The van der Waals surface area contributed by atoms with Crippen LogP contribution in [0.4, 0.5) is 5.69 Å². The maximum Gasteiger partial charge on any atom is 0.345 e. The molecule has 0 bridgehead atoms. The van der Waals surface area contributed by atoms with Crippen molar-refractivity contribution < 1.29 is 19.2 Å². The number of aromatic hydroxyl groups is 1. The number of carbonyl (C=O) groups is 1. The maximum atomic E-state index is 12.1. The second kappa shape index (κ2) is 7.08. The van der Waals surface area contributed by atoms with Gasteiger partial charge in [-0.2, -0.15) is 5.10 Å². The molecule has 0 atom stereocenters. The van der Waals surface area contributed by atoms with Crippen LogP contribution in [0.1, 0.15) is 22.8 Å². The zero-order chi connectivity index (χ0) is 19.6. The van der Waals surface area contributed by atoms with E-state index in [1.165, 1.54) is 49.4 Å². The van der Waals surface area contributed by atoms with Crippen LogP contribution in [0, 0.1) is 10.1 Å². The third-order valence-electron chi connectivity index (χ3n) is 3.77. The number of hydrogen-bond donors (Lipinski definition) is 2. The average Bonchev–Trinajstić information content (AvgIpc) is 2.65. The number of nitrogens with zero attached hydrogens (tertiary/aromatic N) is 2. The molecule has 27 heavy (non-hydrogen) atoms. The molecule has 3 aromatic rings. The lowest BCUT2D eigenvalue weighted by Crippen LogP contribution is -2.21. The fraction of sp³-hybridized carbons (Fsp3) is 0.0556. The second-order valence-corrected chi connectivity index (χ2v) is 5.61. The van der Waals surface area contributed by atoms with Gasteiger partial charge in [0.1, 0.15) is 11.3 Å². The highest BCUT2D eigenvalue weighted by Crippen LogP contribution is 2.19. The molecular formula is C18H13N3O6. The molecule has 0 unspecified atom stereocenters. The monoisotopic (exact) mass is 367 g/mol. The fourth-order valence-corrected chi connectivity index (χ4v) is 2.35. The van der Waals surface area contributed by atoms with Gasteiger partial charge in [0.2, 0.25) is 0 Å². The summed E-state index contributed by atoms with van der Waals surface area (Å²) in [5, 5.41) is 24.5. The number of non-ortho nitro benzene ring substituents is 1. The molecule has 9 heteroatoms. The molecule has 1 aromatic heterocycles. The summed E-state index contributed by atoms with van der Waals surface area (Å²) in [6.45, 7) is 1.52. The number of hydrazone groups is 1. The van der Waals surface area contributed by atoms with E-state index >= 15 is 0 Å². The molecular weight excluding hydrogens is 354 g/mol. The highest BCUT2D eigenvalue weighted by atomic mass is 16.6. The predicted molar refractivity (Wildman–Crippen MR) is 96.9 cm³/mol. The molecule has 2 N–H and O–H groups in total. The second-order valence-electron chi connectivity index (χ2n) is 5.61. The molecule has 0 aliphatic carbocycles. The molecule has 0 aliphatic rings. The Morgan fingerprint density at radius 3 is 2.56 bits per heavy atom. The normalized spacial score (nSPS) is 11.4. The highest BCUT2D eigenvalue weighted by Gasteiger charge is 2.11. The van der Waals surface area contributed by atoms with Crippen LogP contribution in [0.2, 0.25) is 0 Å². The number of nitrogens with one attached hydrogen (secondary N) is 1. The summed E-state index contributed by atoms with van der Waals surface area (Å²) in [6.07, 6.45) is 0. The summed E-state index contributed by atoms with van der Waals surface area (Å²) in [4.78, 5) is 34.2. The number of phenolic OH excluding ortho intramolecular Hbond substituents is 1. The van der Waals surface area contributed by atoms with Crippen molar-refractivity contribution in [2.75, 3.05) is 0 Å². The van der Waals surface area contributed by atoms with Gasteiger partial charge < -0.3 is 9.52 Å². The Hall–Kier alpha value is -4.01. The van der Waals surface area contributed by atoms with Gasteiger partial charge in [-0.05, 0) is 37.3 Å². The van der Waals surface area contributed by atoms with Gasteiger partial charge in [0, 0.05) is 29.1 Å². The van der Waals surface area contributed by atoms with Gasteiger partial charge in [-0.15, -0.1) is 0 Å². The summed E-state index contributed by atoms with van der Waals surface area (Å²) in [7, 11) is 0. The Bertz CT molecular complexity index is 1130. The van der Waals surface area contributed by atoms with Crippen LogP contribution in [-0.2, 0) is 0 Å². The summed E-state index contributed by atoms with van der Waals surface area (Å²) in [5.74, 6) is -0.613. The Morgan fingerprint density at radius 1 is 1.19 bits per heavy atom. The van der Waals surface area contributed by atoms with E-state index in [9.17, 15) is 24.8 Å². The van der Waals surface area contributed by atoms with Crippen molar-refractivity contribution in [2.24, 2.45) is 5.10 Å². The van der Waals surface area contributed by atoms with Crippen LogP contribution in [-0.4, -0.2) is 21.6 Å². The summed E-state index contributed by atoms with van der Waals surface area (Å²) in [6, 6.07) is 10.9. The zero-order valence-corrected chi connectivity index (χ0v) is 14.0. The summed E-state index contributed by atoms with van der Waals surface area (Å²) in [5.41, 5.74) is 2.26. The van der Waals surface area contributed by atoms with Crippen molar-refractivity contribution in [2.45, 2.75) is 6.92 Å². The first-order valence-corrected chi connectivity index (χ1v) is 7.71. The standard InChI is InChI=1S/C18H13N3O6/c1-10(15-8-12-4-7-14(22)9-16(12)27-18(15)24)19-20-17(23)11-2-5-13(6-3-11)21(25)26/h2-9,22H,1H3,(H,20,23)/b19-10-. The molecule has 2 aromatic carbocycles. The summed E-state index contributed by atoms with van der Waals surface area (Å²) >= 11 is 0. The average molecular weight is 367 g/mol. The Balaban J connectivity index is 1.83. The van der Waals surface area contributed by atoms with Gasteiger partial charge in [0.15, 0.2) is 0 Å². The van der Waals surface area contributed by atoms with Crippen LogP contribution >= 0.6 is 0 Å². The van der Waals surface area contributed by atoms with E-state index in [2.05, 4.69) is 10.5 Å². The number of carbonyl (C=O) groups excluding carboxylic acids is 1. The first kappa shape index (κ1) is 17.8. The number of rotatable bonds is 4. The Labute approximate surface area is 151 Å². The van der Waals surface area contributed by atoms with Crippen LogP contribution in [0.15, 0.2) is 62.8 Å². The number of nitro groups is 1. The lowest BCUT2D eigenvalue weighted by molar-refractivity contribution is -0.384. The van der Waals surface area contributed by atoms with E-state index in [4.69, 9.17) is 4.42 Å². The van der Waals surface area contributed by atoms with Gasteiger partial charge >= 0.3 is 5.63 Å². The van der Waals surface area contributed by atoms with Crippen molar-refractivity contribution in [3.05, 3.63) is 80.2 Å². The molecule has 0 aliphatic heterocycles. The lowest BCUT2D eigenvalue weighted by atomic mass is 10.1. The topological polar surface area (TPSA) is 135 Å². The first-order chi connectivity index (χ1) is 12.8. The molecule has 0 fully saturated rings. The third-order valence-corrected chi connectivity index (χ3v) is 3.77. The molecule has 0 saturated carbocycles. The third kappa shape index (κ3) is 3.82. The molecule has 136 valence electrons. The fourth-order valence-electron chi connectivity index (χ4n) is 2.35. The van der Waals surface area contributed by atoms with Gasteiger partial charge in [-0.1, -0.05) is 0 Å². The van der Waals surface area contributed by atoms with Crippen LogP contribution in [0.3, 0.4) is 0 Å². The quantitative estimate of drug-likeness (QED) is 0.315. The van der Waals surface area contributed by atoms with Gasteiger partial charge in [0.25, 0.3) is 11.6 Å². The maximum absolute atomic E-state index is 12.1. The van der Waals surface area contributed by atoms with Crippen LogP contribution < -0.4 is 11.1 Å². The predicted octanol–water partition coefficient (Wildman–Crippen LogP) is 2.56. The summed E-state index contributed by atoms with van der Waals surface area (Å²) < 4.78 is 5.15. The number of amides is 1. The highest BCUT2D eigenvalue weighted by molar-refractivity contribution is 6.02. The molecule has 0 spiro atoms. The lowest BCUT2D eigenvalue weighted by Gasteiger charge is -2.04. The number of nitro benzene ring substituents is 1. The molecule has 1 heterocycles. The van der Waals surface area contributed by atoms with E-state index in [-0.39, 0.29) is 33.9 Å². The zero-order valence-electron chi connectivity index (χ0n) is 14.0. The number of phenols is 1. The smallest absolute Gasteiger partial charge is 0.345 e. The molecule has 0 radical (unpaired) electrons. The van der Waals surface area contributed by atoms with Crippen molar-refractivity contribution in [1.82, 2.24) is 5.43 Å². The molecule has 0 saturated heterocycles. The minimum Gasteiger partial charge on any atom is -0.508 e. The minimum absolute atomic E-state index is 0.0286. The van der Waals surface area contributed by atoms with Crippen molar-refractivity contribution in [3.8, 4) is 5.75 Å². The van der Waals surface area contributed by atoms with Crippen LogP contribution in [0.5, 0.6) is 5.75 Å². The van der Waals surface area contributed by atoms with Crippen molar-refractivity contribution in [3.63, 3.8) is 0 Å². The number of hydrogen-bond acceptors (Lipinski definition) is 7. The largest absolute Gasteiger partial charge is 0.508 e. The minimum atomic E-state index is -0.668. The van der Waals surface area contributed by atoms with Gasteiger partial charge in [-0.3, -0.25) is 14.9 Å². The van der Waals surface area contributed by atoms with Gasteiger partial charge in [0.05, 0.1) is 16.2 Å². The van der Waals surface area contributed by atoms with Crippen molar-refractivity contribution in [1.29, 1.82) is 0 Å². The molecule has 9 nitrogen and oxygen atoms in total. The van der Waals surface area contributed by atoms with Crippen molar-refractivity contribution >= 4 is 28.3 Å². The van der Waals surface area contributed by atoms with E-state index < -0.39 is 16.5 Å². The van der Waals surface area contributed by atoms with E-state index in [0.717, 1.165) is 0 Å². The Kier molecular flexibility index (Phi) is 4.67. The molecule has 3 rings (SSSR count). The molecule has 1 amide bonds. The number of benzene rings is 2. The van der Waals surface area contributed by atoms with E-state index in [1.807, 2.05) is 0 Å². The van der Waals surface area contributed by atoms with Crippen LogP contribution in [0.25, 0.3) is 11.0 Å². The Morgan fingerprint density at radius 2 is 1.89 bits per heavy atom. The van der Waals surface area contributed by atoms with E-state index in [0.29, 0.717) is 5.39 Å². The van der Waals surface area contributed by atoms with E-state index in [1.54, 1.807) is 6.07 Å². The first-order valence-electron chi connectivity index (χ1n) is 7.71. The number of fused-ring (bicyclic) bond motifs is 1. The SMILES string of the molecule is C/C(=N/NC(=O)c1ccc([N+](=O)[O-])cc1)c1cc2ccc(O)cc2oc1=O. The van der Waals surface area contributed by atoms with Gasteiger partial charge in [-0.25, -0.2) is 10.2 Å².